The van der Waals surface area contributed by atoms with E-state index in [2.05, 4.69) is 22.6 Å². The fourth-order valence-corrected chi connectivity index (χ4v) is 1.64. The number of hydrogen-bond donors (Lipinski definition) is 0. The van der Waals surface area contributed by atoms with E-state index in [9.17, 15) is 4.79 Å². The lowest BCUT2D eigenvalue weighted by atomic mass is 10.1. The van der Waals surface area contributed by atoms with Crippen molar-refractivity contribution in [2.75, 3.05) is 0 Å². The third-order valence-corrected chi connectivity index (χ3v) is 2.33. The van der Waals surface area contributed by atoms with Gasteiger partial charge >= 0.3 is 5.97 Å². The van der Waals surface area contributed by atoms with Crippen molar-refractivity contribution in [3.8, 4) is 0 Å². The van der Waals surface area contributed by atoms with E-state index < -0.39 is 0 Å². The van der Waals surface area contributed by atoms with Gasteiger partial charge in [-0.05, 0) is 47.2 Å². The molecule has 0 spiro atoms. The molecule has 1 aromatic carbocycles. The highest BCUT2D eigenvalue weighted by Gasteiger charge is 2.07. The summed E-state index contributed by atoms with van der Waals surface area (Å²) in [5.41, 5.74) is 1.03. The first-order chi connectivity index (χ1) is 6.09. The summed E-state index contributed by atoms with van der Waals surface area (Å²) in [4.78, 5) is 10.7. The van der Waals surface area contributed by atoms with Crippen molar-refractivity contribution in [3.63, 3.8) is 0 Å². The monoisotopic (exact) mass is 290 g/mol. The standard InChI is InChI=1S/C10H11IO2/c1-7(13-8(2)12)9-4-3-5-10(11)6-9/h3-7H,1-2H3. The molecular weight excluding hydrogens is 279 g/mol. The van der Waals surface area contributed by atoms with Crippen LogP contribution in [0.2, 0.25) is 0 Å². The number of carbonyl (C=O) groups is 1. The lowest BCUT2D eigenvalue weighted by Gasteiger charge is -2.11. The second-order valence-electron chi connectivity index (χ2n) is 2.81. The Morgan fingerprint density at radius 3 is 2.77 bits per heavy atom. The van der Waals surface area contributed by atoms with E-state index in [1.165, 1.54) is 6.92 Å². The Bertz CT molecular complexity index is 310. The molecule has 1 unspecified atom stereocenters. The predicted octanol–water partition coefficient (Wildman–Crippen LogP) is 2.92. The Morgan fingerprint density at radius 2 is 2.23 bits per heavy atom. The van der Waals surface area contributed by atoms with Gasteiger partial charge in [-0.2, -0.15) is 0 Å². The fourth-order valence-electron chi connectivity index (χ4n) is 1.08. The Labute approximate surface area is 91.4 Å². The van der Waals surface area contributed by atoms with Gasteiger partial charge in [-0.15, -0.1) is 0 Å². The normalized spacial score (nSPS) is 12.2. The van der Waals surface area contributed by atoms with E-state index in [1.807, 2.05) is 31.2 Å². The zero-order chi connectivity index (χ0) is 9.84. The maximum absolute atomic E-state index is 10.7. The Morgan fingerprint density at radius 1 is 1.54 bits per heavy atom. The van der Waals surface area contributed by atoms with Gasteiger partial charge in [-0.1, -0.05) is 12.1 Å². The van der Waals surface area contributed by atoms with Crippen LogP contribution in [-0.2, 0) is 9.53 Å². The van der Waals surface area contributed by atoms with Crippen molar-refractivity contribution >= 4 is 28.6 Å². The van der Waals surface area contributed by atoms with E-state index in [0.717, 1.165) is 9.13 Å². The molecule has 13 heavy (non-hydrogen) atoms. The minimum Gasteiger partial charge on any atom is -0.458 e. The van der Waals surface area contributed by atoms with Crippen LogP contribution in [0, 0.1) is 3.57 Å². The molecule has 0 bridgehead atoms. The zero-order valence-electron chi connectivity index (χ0n) is 7.58. The van der Waals surface area contributed by atoms with Crippen molar-refractivity contribution < 1.29 is 9.53 Å². The van der Waals surface area contributed by atoms with E-state index in [1.54, 1.807) is 0 Å². The Balaban J connectivity index is 2.76. The highest BCUT2D eigenvalue weighted by atomic mass is 127. The highest BCUT2D eigenvalue weighted by Crippen LogP contribution is 2.18. The van der Waals surface area contributed by atoms with Gasteiger partial charge in [0.2, 0.25) is 0 Å². The first-order valence-electron chi connectivity index (χ1n) is 4.02. The molecule has 0 radical (unpaired) electrons. The van der Waals surface area contributed by atoms with E-state index in [0.29, 0.717) is 0 Å². The van der Waals surface area contributed by atoms with Crippen LogP contribution in [0.3, 0.4) is 0 Å². The van der Waals surface area contributed by atoms with Gasteiger partial charge in [0.05, 0.1) is 0 Å². The second-order valence-corrected chi connectivity index (χ2v) is 4.05. The number of benzene rings is 1. The van der Waals surface area contributed by atoms with Crippen LogP contribution in [0.25, 0.3) is 0 Å². The molecule has 1 aromatic rings. The Hall–Kier alpha value is -0.580. The van der Waals surface area contributed by atoms with Crippen molar-refractivity contribution in [2.45, 2.75) is 20.0 Å². The number of halogens is 1. The minimum atomic E-state index is -0.244. The molecule has 0 amide bonds. The summed E-state index contributed by atoms with van der Waals surface area (Å²) in [5.74, 6) is -0.244. The fraction of sp³-hybridized carbons (Fsp3) is 0.300. The number of rotatable bonds is 2. The maximum Gasteiger partial charge on any atom is 0.303 e. The maximum atomic E-state index is 10.7. The summed E-state index contributed by atoms with van der Waals surface area (Å²) < 4.78 is 6.20. The third kappa shape index (κ3) is 3.34. The van der Waals surface area contributed by atoms with Crippen LogP contribution in [0.1, 0.15) is 25.5 Å². The molecule has 1 rings (SSSR count). The molecule has 0 aliphatic heterocycles. The molecule has 0 aliphatic carbocycles. The van der Waals surface area contributed by atoms with Gasteiger partial charge in [0.1, 0.15) is 6.10 Å². The third-order valence-electron chi connectivity index (χ3n) is 1.66. The average molecular weight is 290 g/mol. The lowest BCUT2D eigenvalue weighted by molar-refractivity contribution is -0.145. The molecule has 0 fully saturated rings. The zero-order valence-corrected chi connectivity index (χ0v) is 9.74. The van der Waals surface area contributed by atoms with Gasteiger partial charge < -0.3 is 4.74 Å². The molecule has 1 atom stereocenters. The second kappa shape index (κ2) is 4.60. The van der Waals surface area contributed by atoms with Crippen molar-refractivity contribution in [2.24, 2.45) is 0 Å². The van der Waals surface area contributed by atoms with Crippen LogP contribution in [0.4, 0.5) is 0 Å². The number of esters is 1. The van der Waals surface area contributed by atoms with Gasteiger partial charge in [-0.25, -0.2) is 0 Å². The molecule has 0 heterocycles. The lowest BCUT2D eigenvalue weighted by Crippen LogP contribution is -2.04. The first-order valence-corrected chi connectivity index (χ1v) is 5.10. The molecule has 0 saturated heterocycles. The number of ether oxygens (including phenoxy) is 1. The topological polar surface area (TPSA) is 26.3 Å². The van der Waals surface area contributed by atoms with E-state index in [-0.39, 0.29) is 12.1 Å². The van der Waals surface area contributed by atoms with Gasteiger partial charge in [-0.3, -0.25) is 4.79 Å². The van der Waals surface area contributed by atoms with Gasteiger partial charge in [0.25, 0.3) is 0 Å². The highest BCUT2D eigenvalue weighted by molar-refractivity contribution is 14.1. The first kappa shape index (κ1) is 10.5. The summed E-state index contributed by atoms with van der Waals surface area (Å²) in [5, 5.41) is 0. The predicted molar refractivity (Wildman–Crippen MR) is 59.3 cm³/mol. The molecule has 2 nitrogen and oxygen atoms in total. The molecule has 0 saturated carbocycles. The van der Waals surface area contributed by atoms with Crippen LogP contribution in [0.5, 0.6) is 0 Å². The summed E-state index contributed by atoms with van der Waals surface area (Å²) in [7, 11) is 0. The molecular formula is C10H11IO2. The van der Waals surface area contributed by atoms with Crippen LogP contribution in [0.15, 0.2) is 24.3 Å². The Kier molecular flexibility index (Phi) is 3.71. The number of carbonyl (C=O) groups excluding carboxylic acids is 1. The smallest absolute Gasteiger partial charge is 0.303 e. The molecule has 3 heteroatoms. The molecule has 0 aliphatic rings. The molecule has 70 valence electrons. The van der Waals surface area contributed by atoms with Crippen molar-refractivity contribution in [1.29, 1.82) is 0 Å². The minimum absolute atomic E-state index is 0.160. The largest absolute Gasteiger partial charge is 0.458 e. The summed E-state index contributed by atoms with van der Waals surface area (Å²) in [6, 6.07) is 7.92. The van der Waals surface area contributed by atoms with Gasteiger partial charge in [0, 0.05) is 10.5 Å². The van der Waals surface area contributed by atoms with Crippen molar-refractivity contribution in [1.82, 2.24) is 0 Å². The summed E-state index contributed by atoms with van der Waals surface area (Å²) in [6.07, 6.45) is -0.160. The van der Waals surface area contributed by atoms with Gasteiger partial charge in [0.15, 0.2) is 0 Å². The summed E-state index contributed by atoms with van der Waals surface area (Å²) in [6.45, 7) is 3.29. The average Bonchev–Trinajstić information content (AvgIpc) is 2.03. The van der Waals surface area contributed by atoms with Crippen LogP contribution in [-0.4, -0.2) is 5.97 Å². The van der Waals surface area contributed by atoms with Crippen LogP contribution < -0.4 is 0 Å². The molecule has 0 N–H and O–H groups in total. The van der Waals surface area contributed by atoms with E-state index >= 15 is 0 Å². The summed E-state index contributed by atoms with van der Waals surface area (Å²) >= 11 is 2.23. The van der Waals surface area contributed by atoms with Crippen LogP contribution >= 0.6 is 22.6 Å². The van der Waals surface area contributed by atoms with E-state index in [4.69, 9.17) is 4.74 Å². The quantitative estimate of drug-likeness (QED) is 0.618. The SMILES string of the molecule is CC(=O)OC(C)c1cccc(I)c1. The van der Waals surface area contributed by atoms with Crippen molar-refractivity contribution in [3.05, 3.63) is 33.4 Å². The number of hydrogen-bond acceptors (Lipinski definition) is 2. The molecule has 0 aromatic heterocycles.